The summed E-state index contributed by atoms with van der Waals surface area (Å²) in [6.45, 7) is 0.662. The third kappa shape index (κ3) is 6.18. The van der Waals surface area contributed by atoms with Crippen LogP contribution in [0.2, 0.25) is 0 Å². The highest BCUT2D eigenvalue weighted by Crippen LogP contribution is 2.32. The highest BCUT2D eigenvalue weighted by molar-refractivity contribution is 6.25. The first-order chi connectivity index (χ1) is 15.9. The molecule has 0 spiro atoms. The molecule has 0 saturated carbocycles. The van der Waals surface area contributed by atoms with Crippen molar-refractivity contribution >= 4 is 35.3 Å². The third-order valence-electron chi connectivity index (χ3n) is 6.10. The van der Waals surface area contributed by atoms with E-state index in [-0.39, 0.29) is 30.4 Å². The van der Waals surface area contributed by atoms with Gasteiger partial charge in [0.2, 0.25) is 11.8 Å². The van der Waals surface area contributed by atoms with Crippen LogP contribution >= 0.6 is 0 Å². The highest BCUT2D eigenvalue weighted by Gasteiger charge is 2.45. The Kier molecular flexibility index (Phi) is 8.57. The van der Waals surface area contributed by atoms with Crippen molar-refractivity contribution in [1.29, 1.82) is 0 Å². The Hall–Kier alpha value is -3.23. The number of carboxylic acids is 1. The number of nitrogens with zero attached hydrogens (tertiary/aromatic N) is 1. The van der Waals surface area contributed by atoms with Gasteiger partial charge in [-0.1, -0.05) is 44.6 Å². The smallest absolute Gasteiger partial charge is 0.303 e. The summed E-state index contributed by atoms with van der Waals surface area (Å²) in [7, 11) is 0. The Morgan fingerprint density at radius 2 is 1.64 bits per heavy atom. The number of carbonyl (C=O) groups is 5. The minimum Gasteiger partial charge on any atom is -0.481 e. The number of hydrogen-bond donors (Lipinski definition) is 3. The lowest BCUT2D eigenvalue weighted by molar-refractivity contribution is -0.138. The van der Waals surface area contributed by atoms with E-state index in [9.17, 15) is 24.0 Å². The first kappa shape index (κ1) is 24.4. The summed E-state index contributed by atoms with van der Waals surface area (Å²) < 4.78 is 0. The largest absolute Gasteiger partial charge is 0.481 e. The lowest BCUT2D eigenvalue weighted by Crippen LogP contribution is -2.54. The fourth-order valence-corrected chi connectivity index (χ4v) is 4.35. The molecule has 1 unspecified atom stereocenters. The van der Waals surface area contributed by atoms with Crippen LogP contribution in [0, 0.1) is 0 Å². The van der Waals surface area contributed by atoms with Crippen LogP contribution in [0.25, 0.3) is 0 Å². The molecule has 2 heterocycles. The van der Waals surface area contributed by atoms with Gasteiger partial charge in [0, 0.05) is 25.1 Å². The molecule has 1 aromatic rings. The molecular weight excluding hydrogens is 426 g/mol. The number of unbranched alkanes of at least 4 members (excludes halogenated alkanes) is 7. The second-order valence-electron chi connectivity index (χ2n) is 8.57. The summed E-state index contributed by atoms with van der Waals surface area (Å²) >= 11 is 0. The number of rotatable bonds is 13. The van der Waals surface area contributed by atoms with E-state index in [1.807, 2.05) is 0 Å². The van der Waals surface area contributed by atoms with Crippen molar-refractivity contribution in [2.24, 2.45) is 0 Å². The van der Waals surface area contributed by atoms with Gasteiger partial charge in [0.05, 0.1) is 11.1 Å². The molecule has 1 atom stereocenters. The number of nitrogens with one attached hydrogen (secondary N) is 2. The summed E-state index contributed by atoms with van der Waals surface area (Å²) in [5, 5.41) is 14.1. The number of aliphatic carboxylic acids is 1. The number of piperidine rings is 1. The van der Waals surface area contributed by atoms with Crippen LogP contribution in [-0.2, 0) is 14.4 Å². The van der Waals surface area contributed by atoms with Crippen LogP contribution < -0.4 is 10.6 Å². The van der Waals surface area contributed by atoms with E-state index in [0.29, 0.717) is 12.2 Å². The van der Waals surface area contributed by atoms with Crippen molar-refractivity contribution < 1.29 is 29.1 Å². The SMILES string of the molecule is O=C(O)CCCCCCCCCCNc1cccc2c1C(=O)N(C1CCC(=O)NC1=O)C2=O. The minimum absolute atomic E-state index is 0.0945. The van der Waals surface area contributed by atoms with Crippen LogP contribution in [0.1, 0.15) is 91.3 Å². The maximum atomic E-state index is 13.0. The van der Waals surface area contributed by atoms with Gasteiger partial charge in [-0.25, -0.2) is 0 Å². The van der Waals surface area contributed by atoms with Crippen molar-refractivity contribution in [3.05, 3.63) is 29.3 Å². The predicted molar refractivity (Wildman–Crippen MR) is 121 cm³/mol. The third-order valence-corrected chi connectivity index (χ3v) is 6.10. The van der Waals surface area contributed by atoms with Crippen molar-refractivity contribution in [2.75, 3.05) is 11.9 Å². The van der Waals surface area contributed by atoms with Gasteiger partial charge in [-0.05, 0) is 31.4 Å². The van der Waals surface area contributed by atoms with Gasteiger partial charge in [-0.3, -0.25) is 34.2 Å². The van der Waals surface area contributed by atoms with Gasteiger partial charge in [-0.15, -0.1) is 0 Å². The standard InChI is InChI=1S/C24H31N3O6/c28-19-14-13-18(22(31)26-19)27-23(32)16-10-9-11-17(21(16)24(27)33)25-15-8-6-4-2-1-3-5-7-12-20(29)30/h9-11,18,25H,1-8,12-15H2,(H,29,30)(H,26,28,31). The second-order valence-corrected chi connectivity index (χ2v) is 8.57. The van der Waals surface area contributed by atoms with Gasteiger partial charge in [-0.2, -0.15) is 0 Å². The van der Waals surface area contributed by atoms with E-state index in [1.54, 1.807) is 18.2 Å². The number of fused-ring (bicyclic) bond motifs is 1. The van der Waals surface area contributed by atoms with E-state index >= 15 is 0 Å². The van der Waals surface area contributed by atoms with Gasteiger partial charge in [0.15, 0.2) is 0 Å². The Morgan fingerprint density at radius 1 is 0.970 bits per heavy atom. The molecule has 0 aromatic heterocycles. The monoisotopic (exact) mass is 457 g/mol. The maximum Gasteiger partial charge on any atom is 0.303 e. The van der Waals surface area contributed by atoms with Crippen molar-refractivity contribution in [3.63, 3.8) is 0 Å². The van der Waals surface area contributed by atoms with Crippen LogP contribution in [0.4, 0.5) is 5.69 Å². The van der Waals surface area contributed by atoms with E-state index in [1.165, 1.54) is 0 Å². The summed E-state index contributed by atoms with van der Waals surface area (Å²) in [4.78, 5) is 61.0. The number of benzene rings is 1. The molecule has 9 heteroatoms. The molecule has 1 saturated heterocycles. The first-order valence-corrected chi connectivity index (χ1v) is 11.7. The average Bonchev–Trinajstić information content (AvgIpc) is 3.03. The molecule has 2 aliphatic heterocycles. The Bertz CT molecular complexity index is 929. The fourth-order valence-electron chi connectivity index (χ4n) is 4.35. The minimum atomic E-state index is -0.966. The van der Waals surface area contributed by atoms with Crippen molar-refractivity contribution in [1.82, 2.24) is 10.2 Å². The molecule has 33 heavy (non-hydrogen) atoms. The summed E-state index contributed by atoms with van der Waals surface area (Å²) in [6.07, 6.45) is 8.49. The zero-order chi connectivity index (χ0) is 23.8. The molecule has 178 valence electrons. The van der Waals surface area contributed by atoms with Crippen LogP contribution in [0.15, 0.2) is 18.2 Å². The molecule has 2 aliphatic rings. The van der Waals surface area contributed by atoms with Crippen LogP contribution in [-0.4, -0.2) is 52.2 Å². The zero-order valence-electron chi connectivity index (χ0n) is 18.7. The molecular formula is C24H31N3O6. The zero-order valence-corrected chi connectivity index (χ0v) is 18.7. The van der Waals surface area contributed by atoms with Crippen molar-refractivity contribution in [3.8, 4) is 0 Å². The molecule has 0 aliphatic carbocycles. The highest BCUT2D eigenvalue weighted by atomic mass is 16.4. The Morgan fingerprint density at radius 3 is 2.30 bits per heavy atom. The molecule has 0 radical (unpaired) electrons. The topological polar surface area (TPSA) is 133 Å². The van der Waals surface area contributed by atoms with Gasteiger partial charge in [0.1, 0.15) is 6.04 Å². The normalized spacial score (nSPS) is 17.8. The number of anilines is 1. The summed E-state index contributed by atoms with van der Waals surface area (Å²) in [5.74, 6) is -2.75. The Balaban J connectivity index is 1.44. The van der Waals surface area contributed by atoms with Crippen molar-refractivity contribution in [2.45, 2.75) is 76.7 Å². The molecule has 1 aromatic carbocycles. The summed E-state index contributed by atoms with van der Waals surface area (Å²) in [6, 6.07) is 4.09. The lowest BCUT2D eigenvalue weighted by atomic mass is 10.0. The number of carbonyl (C=O) groups excluding carboxylic acids is 4. The van der Waals surface area contributed by atoms with Crippen LogP contribution in [0.5, 0.6) is 0 Å². The summed E-state index contributed by atoms with van der Waals surface area (Å²) in [5.41, 5.74) is 1.14. The molecule has 1 fully saturated rings. The molecule has 9 nitrogen and oxygen atoms in total. The predicted octanol–water partition coefficient (Wildman–Crippen LogP) is 3.10. The van der Waals surface area contributed by atoms with E-state index in [0.717, 1.165) is 56.3 Å². The molecule has 3 N–H and O–H groups in total. The molecule has 0 bridgehead atoms. The fraction of sp³-hybridized carbons (Fsp3) is 0.542. The number of hydrogen-bond acceptors (Lipinski definition) is 6. The van der Waals surface area contributed by atoms with E-state index in [2.05, 4.69) is 10.6 Å². The average molecular weight is 458 g/mol. The number of amides is 4. The maximum absolute atomic E-state index is 13.0. The lowest BCUT2D eigenvalue weighted by Gasteiger charge is -2.27. The van der Waals surface area contributed by atoms with Gasteiger partial charge in [0.25, 0.3) is 11.8 Å². The molecule has 4 amide bonds. The second kappa shape index (κ2) is 11.6. The first-order valence-electron chi connectivity index (χ1n) is 11.7. The quantitative estimate of drug-likeness (QED) is 0.306. The van der Waals surface area contributed by atoms with E-state index in [4.69, 9.17) is 5.11 Å². The van der Waals surface area contributed by atoms with E-state index < -0.39 is 35.6 Å². The van der Waals surface area contributed by atoms with Gasteiger partial charge >= 0.3 is 5.97 Å². The van der Waals surface area contributed by atoms with Crippen LogP contribution in [0.3, 0.4) is 0 Å². The molecule has 3 rings (SSSR count). The number of carboxylic acid groups (broad SMARTS) is 1. The Labute approximate surface area is 192 Å². The van der Waals surface area contributed by atoms with Gasteiger partial charge < -0.3 is 10.4 Å². The number of imide groups is 2.